The minimum atomic E-state index is -3.81. The fourth-order valence-electron chi connectivity index (χ4n) is 2.10. The van der Waals surface area contributed by atoms with Crippen molar-refractivity contribution in [3.05, 3.63) is 60.6 Å². The topological polar surface area (TPSA) is 69.0 Å². The Hall–Kier alpha value is -2.47. The van der Waals surface area contributed by atoms with Gasteiger partial charge >= 0.3 is 0 Å². The van der Waals surface area contributed by atoms with E-state index < -0.39 is 10.0 Å². The number of carbonyl (C=O) groups is 1. The summed E-state index contributed by atoms with van der Waals surface area (Å²) >= 11 is 0. The Morgan fingerprint density at radius 3 is 2.55 bits per heavy atom. The molecule has 0 aliphatic rings. The average molecular weight is 286 g/mol. The van der Waals surface area contributed by atoms with Crippen LogP contribution in [0.3, 0.4) is 0 Å². The Balaban J connectivity index is 2.37. The van der Waals surface area contributed by atoms with E-state index in [-0.39, 0.29) is 10.6 Å². The number of fused-ring (bicyclic) bond motifs is 1. The highest BCUT2D eigenvalue weighted by atomic mass is 32.2. The molecule has 2 heterocycles. The number of rotatable bonds is 3. The zero-order valence-corrected chi connectivity index (χ0v) is 11.1. The fourth-order valence-corrected chi connectivity index (χ4v) is 3.61. The van der Waals surface area contributed by atoms with Gasteiger partial charge in [-0.15, -0.1) is 0 Å². The number of hydrogen-bond donors (Lipinski definition) is 0. The molecule has 0 N–H and O–H groups in total. The van der Waals surface area contributed by atoms with Crippen molar-refractivity contribution in [2.24, 2.45) is 0 Å². The summed E-state index contributed by atoms with van der Waals surface area (Å²) < 4.78 is 26.4. The van der Waals surface area contributed by atoms with Crippen LogP contribution < -0.4 is 0 Å². The third kappa shape index (κ3) is 1.81. The lowest BCUT2D eigenvalue weighted by atomic mass is 10.3. The first kappa shape index (κ1) is 12.6. The number of pyridine rings is 1. The van der Waals surface area contributed by atoms with Gasteiger partial charge in [-0.1, -0.05) is 18.2 Å². The maximum absolute atomic E-state index is 12.7. The van der Waals surface area contributed by atoms with Crippen LogP contribution in [0.15, 0.2) is 59.8 Å². The molecule has 5 nitrogen and oxygen atoms in total. The van der Waals surface area contributed by atoms with Crippen LogP contribution in [0.5, 0.6) is 0 Å². The minimum absolute atomic E-state index is 0.0804. The number of aromatic nitrogens is 2. The van der Waals surface area contributed by atoms with Crippen LogP contribution in [-0.4, -0.2) is 23.7 Å². The molecule has 0 bridgehead atoms. The van der Waals surface area contributed by atoms with E-state index in [0.717, 1.165) is 3.97 Å². The van der Waals surface area contributed by atoms with Crippen LogP contribution in [0, 0.1) is 0 Å². The van der Waals surface area contributed by atoms with E-state index in [1.165, 1.54) is 30.6 Å². The zero-order valence-electron chi connectivity index (χ0n) is 10.3. The molecule has 1 aromatic carbocycles. The van der Waals surface area contributed by atoms with E-state index in [4.69, 9.17) is 0 Å². The molecule has 2 aromatic heterocycles. The van der Waals surface area contributed by atoms with Crippen LogP contribution >= 0.6 is 0 Å². The van der Waals surface area contributed by atoms with Gasteiger partial charge in [-0.05, 0) is 24.3 Å². The van der Waals surface area contributed by atoms with Gasteiger partial charge in [-0.2, -0.15) is 0 Å². The molecule has 0 saturated carbocycles. The van der Waals surface area contributed by atoms with E-state index in [9.17, 15) is 13.2 Å². The quantitative estimate of drug-likeness (QED) is 0.691. The molecule has 3 aromatic rings. The van der Waals surface area contributed by atoms with Gasteiger partial charge < -0.3 is 0 Å². The van der Waals surface area contributed by atoms with Crippen LogP contribution in [0.4, 0.5) is 0 Å². The van der Waals surface area contributed by atoms with Crippen molar-refractivity contribution in [3.8, 4) is 0 Å². The van der Waals surface area contributed by atoms with Crippen molar-refractivity contribution in [2.75, 3.05) is 0 Å². The molecule has 0 saturated heterocycles. The van der Waals surface area contributed by atoms with Gasteiger partial charge in [-0.25, -0.2) is 12.4 Å². The Morgan fingerprint density at radius 2 is 1.85 bits per heavy atom. The van der Waals surface area contributed by atoms with E-state index in [1.807, 2.05) is 0 Å². The molecule has 6 heteroatoms. The van der Waals surface area contributed by atoms with E-state index in [1.54, 1.807) is 24.3 Å². The van der Waals surface area contributed by atoms with Crippen molar-refractivity contribution in [1.29, 1.82) is 0 Å². The van der Waals surface area contributed by atoms with E-state index in [2.05, 4.69) is 4.98 Å². The lowest BCUT2D eigenvalue weighted by Crippen LogP contribution is -2.15. The van der Waals surface area contributed by atoms with Gasteiger partial charge in [0.05, 0.1) is 16.1 Å². The Morgan fingerprint density at radius 1 is 1.10 bits per heavy atom. The van der Waals surface area contributed by atoms with Gasteiger partial charge in [0.15, 0.2) is 6.29 Å². The molecule has 0 spiro atoms. The number of carbonyl (C=O) groups excluding carboxylic acids is 1. The molecule has 20 heavy (non-hydrogen) atoms. The first-order valence-electron chi connectivity index (χ1n) is 5.86. The van der Waals surface area contributed by atoms with Crippen LogP contribution in [0.25, 0.3) is 10.9 Å². The molecular weight excluding hydrogens is 276 g/mol. The summed E-state index contributed by atoms with van der Waals surface area (Å²) in [4.78, 5) is 15.2. The van der Waals surface area contributed by atoms with Gasteiger partial charge in [-0.3, -0.25) is 9.78 Å². The summed E-state index contributed by atoms with van der Waals surface area (Å²) in [5.74, 6) is 0. The Kier molecular flexibility index (Phi) is 2.87. The molecule has 100 valence electrons. The third-order valence-electron chi connectivity index (χ3n) is 2.99. The molecule has 0 unspecified atom stereocenters. The average Bonchev–Trinajstić information content (AvgIpc) is 2.87. The molecule has 0 radical (unpaired) electrons. The molecule has 3 rings (SSSR count). The highest BCUT2D eigenvalue weighted by Crippen LogP contribution is 2.24. The fraction of sp³-hybridized carbons (Fsp3) is 0. The maximum atomic E-state index is 12.7. The molecule has 0 aliphatic carbocycles. The predicted octanol–water partition coefficient (Wildman–Crippen LogP) is 2.09. The number of aldehydes is 1. The Labute approximate surface area is 115 Å². The maximum Gasteiger partial charge on any atom is 0.268 e. The van der Waals surface area contributed by atoms with Crippen LogP contribution in [0.1, 0.15) is 10.5 Å². The van der Waals surface area contributed by atoms with Gasteiger partial charge in [0.2, 0.25) is 0 Å². The van der Waals surface area contributed by atoms with Gasteiger partial charge in [0.1, 0.15) is 0 Å². The van der Waals surface area contributed by atoms with Crippen molar-refractivity contribution in [2.45, 2.75) is 4.90 Å². The predicted molar refractivity (Wildman–Crippen MR) is 74.1 cm³/mol. The first-order valence-corrected chi connectivity index (χ1v) is 7.30. The summed E-state index contributed by atoms with van der Waals surface area (Å²) in [6.07, 6.45) is 3.55. The van der Waals surface area contributed by atoms with Crippen LogP contribution in [0.2, 0.25) is 0 Å². The second-order valence-electron chi connectivity index (χ2n) is 4.20. The SMILES string of the molecule is O=Cc1cc2cnccc2n1S(=O)(=O)c1ccccc1. The number of benzene rings is 1. The standard InChI is InChI=1S/C14H10N2O3S/c17-10-12-8-11-9-15-7-6-14(11)16(12)20(18,19)13-4-2-1-3-5-13/h1-10H. The second kappa shape index (κ2) is 4.57. The van der Waals surface area contributed by atoms with E-state index >= 15 is 0 Å². The largest absolute Gasteiger partial charge is 0.296 e. The van der Waals surface area contributed by atoms with Crippen molar-refractivity contribution >= 4 is 27.2 Å². The Bertz CT molecular complexity index is 883. The lowest BCUT2D eigenvalue weighted by molar-refractivity contribution is 0.111. The van der Waals surface area contributed by atoms with Crippen molar-refractivity contribution in [1.82, 2.24) is 8.96 Å². The third-order valence-corrected chi connectivity index (χ3v) is 4.74. The molecule has 0 atom stereocenters. The van der Waals surface area contributed by atoms with Crippen molar-refractivity contribution < 1.29 is 13.2 Å². The normalized spacial score (nSPS) is 11.6. The van der Waals surface area contributed by atoms with Crippen molar-refractivity contribution in [3.63, 3.8) is 0 Å². The van der Waals surface area contributed by atoms with E-state index in [0.29, 0.717) is 17.2 Å². The molecular formula is C14H10N2O3S. The molecule has 0 aliphatic heterocycles. The minimum Gasteiger partial charge on any atom is -0.296 e. The summed E-state index contributed by atoms with van der Waals surface area (Å²) in [6, 6.07) is 11.1. The highest BCUT2D eigenvalue weighted by molar-refractivity contribution is 7.90. The number of hydrogen-bond acceptors (Lipinski definition) is 4. The van der Waals surface area contributed by atoms with Gasteiger partial charge in [0.25, 0.3) is 10.0 Å². The zero-order chi connectivity index (χ0) is 14.2. The second-order valence-corrected chi connectivity index (χ2v) is 5.99. The summed E-state index contributed by atoms with van der Waals surface area (Å²) in [5.41, 5.74) is 0.516. The summed E-state index contributed by atoms with van der Waals surface area (Å²) in [6.45, 7) is 0. The number of nitrogens with zero attached hydrogens (tertiary/aromatic N) is 2. The monoisotopic (exact) mass is 286 g/mol. The summed E-state index contributed by atoms with van der Waals surface area (Å²) in [7, 11) is -3.81. The lowest BCUT2D eigenvalue weighted by Gasteiger charge is -2.09. The molecule has 0 fully saturated rings. The van der Waals surface area contributed by atoms with Crippen LogP contribution in [-0.2, 0) is 10.0 Å². The summed E-state index contributed by atoms with van der Waals surface area (Å²) in [5, 5.41) is 0.606. The van der Waals surface area contributed by atoms with Gasteiger partial charge in [0, 0.05) is 17.8 Å². The first-order chi connectivity index (χ1) is 9.64. The molecule has 0 amide bonds. The highest BCUT2D eigenvalue weighted by Gasteiger charge is 2.22. The smallest absolute Gasteiger partial charge is 0.268 e.